The molecule has 0 N–H and O–H groups in total. The van der Waals surface area contributed by atoms with E-state index in [1.165, 1.54) is 0 Å². The Labute approximate surface area is 66.7 Å². The van der Waals surface area contributed by atoms with Crippen molar-refractivity contribution in [1.29, 1.82) is 0 Å². The van der Waals surface area contributed by atoms with Gasteiger partial charge in [0.2, 0.25) is 0 Å². The maximum Gasteiger partial charge on any atom is 0.133 e. The summed E-state index contributed by atoms with van der Waals surface area (Å²) in [6, 6.07) is 0. The van der Waals surface area contributed by atoms with Crippen molar-refractivity contribution in [3.8, 4) is 0 Å². The minimum Gasteiger partial charge on any atom is -0.388 e. The number of Topliss-reactive ketones (excluding diaryl/α,β-unsaturated/α-hetero) is 1. The highest BCUT2D eigenvalue weighted by molar-refractivity contribution is 5.84. The van der Waals surface area contributed by atoms with E-state index in [2.05, 4.69) is 4.74 Å². The summed E-state index contributed by atoms with van der Waals surface area (Å²) in [5.74, 6) is 0.282. The summed E-state index contributed by atoms with van der Waals surface area (Å²) in [7, 11) is 3.25. The molecule has 1 rings (SSSR count). The fraction of sp³-hybridized carbons (Fsp3) is 0.750. The summed E-state index contributed by atoms with van der Waals surface area (Å²) >= 11 is 0. The van der Waals surface area contributed by atoms with Crippen molar-refractivity contribution in [2.75, 3.05) is 14.2 Å². The molecule has 0 amide bonds. The zero-order valence-electron chi connectivity index (χ0n) is 7.00. The number of hydrogen-bond donors (Lipinski definition) is 0. The van der Waals surface area contributed by atoms with E-state index in [1.54, 1.807) is 14.2 Å². The van der Waals surface area contributed by atoms with Gasteiger partial charge in [0.1, 0.15) is 12.1 Å². The van der Waals surface area contributed by atoms with E-state index in [9.17, 15) is 9.59 Å². The van der Waals surface area contributed by atoms with Crippen molar-refractivity contribution < 1.29 is 14.3 Å². The first kappa shape index (κ1) is 10.3. The van der Waals surface area contributed by atoms with Gasteiger partial charge in [0.15, 0.2) is 0 Å². The minimum absolute atomic E-state index is 0.0440. The average Bonchev–Trinajstić information content (AvgIpc) is 2.37. The Morgan fingerprint density at radius 3 is 2.27 bits per heavy atom. The van der Waals surface area contributed by atoms with Crippen LogP contribution in [0.25, 0.3) is 0 Å². The van der Waals surface area contributed by atoms with Gasteiger partial charge in [0, 0.05) is 33.0 Å². The zero-order valence-corrected chi connectivity index (χ0v) is 7.00. The Balaban J connectivity index is 0.000000292. The highest BCUT2D eigenvalue weighted by Crippen LogP contribution is 2.18. The molecule has 1 atom stereocenters. The number of aldehydes is 1. The molecule has 0 aliphatic heterocycles. The third-order valence-corrected chi connectivity index (χ3v) is 1.48. The summed E-state index contributed by atoms with van der Waals surface area (Å²) in [5.41, 5.74) is 0. The smallest absolute Gasteiger partial charge is 0.133 e. The second kappa shape index (κ2) is 6.04. The van der Waals surface area contributed by atoms with Crippen molar-refractivity contribution in [2.45, 2.75) is 19.3 Å². The third kappa shape index (κ3) is 4.67. The van der Waals surface area contributed by atoms with E-state index < -0.39 is 0 Å². The van der Waals surface area contributed by atoms with Crippen LogP contribution in [0.15, 0.2) is 0 Å². The van der Waals surface area contributed by atoms with Gasteiger partial charge in [-0.1, -0.05) is 0 Å². The molecule has 0 radical (unpaired) electrons. The lowest BCUT2D eigenvalue weighted by Crippen LogP contribution is -1.94. The standard InChI is InChI=1S/C6H8O2.C2H6O/c7-4-5-1-2-6(8)3-5;1-3-2/h4-5H,1-3H2;1-2H3. The van der Waals surface area contributed by atoms with Crippen molar-refractivity contribution in [3.05, 3.63) is 0 Å². The second-order valence-corrected chi connectivity index (χ2v) is 2.59. The first-order valence-electron chi connectivity index (χ1n) is 3.61. The highest BCUT2D eigenvalue weighted by Gasteiger charge is 2.20. The van der Waals surface area contributed by atoms with Crippen molar-refractivity contribution >= 4 is 12.1 Å². The largest absolute Gasteiger partial charge is 0.388 e. The molecular formula is C8H14O3. The minimum atomic E-state index is 0.0440. The molecule has 0 aromatic carbocycles. The van der Waals surface area contributed by atoms with Gasteiger partial charge in [0.05, 0.1) is 0 Å². The molecule has 0 bridgehead atoms. The van der Waals surface area contributed by atoms with Gasteiger partial charge in [-0.2, -0.15) is 0 Å². The lowest BCUT2D eigenvalue weighted by Gasteiger charge is -1.89. The Kier molecular flexibility index (Phi) is 5.65. The number of carbonyl (C=O) groups excluding carboxylic acids is 2. The number of methoxy groups -OCH3 is 1. The van der Waals surface area contributed by atoms with E-state index in [0.717, 1.165) is 12.7 Å². The fourth-order valence-corrected chi connectivity index (χ4v) is 0.959. The Bertz CT molecular complexity index is 131. The van der Waals surface area contributed by atoms with Crippen LogP contribution in [0.5, 0.6) is 0 Å². The van der Waals surface area contributed by atoms with Gasteiger partial charge in [-0.05, 0) is 6.42 Å². The molecule has 3 nitrogen and oxygen atoms in total. The van der Waals surface area contributed by atoms with Crippen LogP contribution in [0.3, 0.4) is 0 Å². The molecule has 0 spiro atoms. The Morgan fingerprint density at radius 2 is 2.09 bits per heavy atom. The SMILES string of the molecule is COC.O=CC1CCC(=O)C1. The first-order chi connectivity index (χ1) is 5.24. The Morgan fingerprint density at radius 1 is 1.55 bits per heavy atom. The summed E-state index contributed by atoms with van der Waals surface area (Å²) < 4.78 is 4.25. The van der Waals surface area contributed by atoms with Crippen LogP contribution in [0.4, 0.5) is 0 Å². The maximum atomic E-state index is 10.5. The zero-order chi connectivity index (χ0) is 8.69. The number of ether oxygens (including phenoxy) is 1. The monoisotopic (exact) mass is 158 g/mol. The van der Waals surface area contributed by atoms with Crippen LogP contribution in [0.1, 0.15) is 19.3 Å². The molecule has 1 fully saturated rings. The lowest BCUT2D eigenvalue weighted by atomic mass is 10.1. The van der Waals surface area contributed by atoms with E-state index >= 15 is 0 Å². The molecule has 64 valence electrons. The summed E-state index contributed by atoms with van der Waals surface area (Å²) in [4.78, 5) is 20.5. The van der Waals surface area contributed by atoms with Gasteiger partial charge < -0.3 is 9.53 Å². The Hall–Kier alpha value is -0.700. The van der Waals surface area contributed by atoms with Gasteiger partial charge >= 0.3 is 0 Å². The number of hydrogen-bond acceptors (Lipinski definition) is 3. The number of carbonyl (C=O) groups is 2. The number of rotatable bonds is 1. The van der Waals surface area contributed by atoms with Crippen LogP contribution < -0.4 is 0 Å². The summed E-state index contributed by atoms with van der Waals surface area (Å²) in [5, 5.41) is 0. The van der Waals surface area contributed by atoms with Crippen LogP contribution in [-0.4, -0.2) is 26.3 Å². The molecule has 1 aliphatic carbocycles. The van der Waals surface area contributed by atoms with Crippen molar-refractivity contribution in [1.82, 2.24) is 0 Å². The topological polar surface area (TPSA) is 43.4 Å². The lowest BCUT2D eigenvalue weighted by molar-refractivity contribution is -0.119. The van der Waals surface area contributed by atoms with Gasteiger partial charge in [-0.15, -0.1) is 0 Å². The van der Waals surface area contributed by atoms with Crippen LogP contribution in [-0.2, 0) is 14.3 Å². The molecule has 0 aromatic rings. The summed E-state index contributed by atoms with van der Waals surface area (Å²) in [6.45, 7) is 0. The molecule has 11 heavy (non-hydrogen) atoms. The van der Waals surface area contributed by atoms with Gasteiger partial charge in [0.25, 0.3) is 0 Å². The predicted molar refractivity (Wildman–Crippen MR) is 41.3 cm³/mol. The third-order valence-electron chi connectivity index (χ3n) is 1.48. The molecule has 0 saturated heterocycles. The molecule has 3 heteroatoms. The number of ketones is 1. The van der Waals surface area contributed by atoms with Crippen molar-refractivity contribution in [3.63, 3.8) is 0 Å². The quantitative estimate of drug-likeness (QED) is 0.530. The molecule has 0 aromatic heterocycles. The molecular weight excluding hydrogens is 144 g/mol. The van der Waals surface area contributed by atoms with Gasteiger partial charge in [-0.3, -0.25) is 4.79 Å². The van der Waals surface area contributed by atoms with E-state index in [0.29, 0.717) is 12.8 Å². The first-order valence-corrected chi connectivity index (χ1v) is 3.61. The van der Waals surface area contributed by atoms with Crippen LogP contribution in [0, 0.1) is 5.92 Å². The molecule has 1 saturated carbocycles. The molecule has 1 unspecified atom stereocenters. The summed E-state index contributed by atoms with van der Waals surface area (Å²) in [6.07, 6.45) is 2.76. The van der Waals surface area contributed by atoms with Gasteiger partial charge in [-0.25, -0.2) is 0 Å². The predicted octanol–water partition coefficient (Wildman–Crippen LogP) is 0.817. The fourth-order valence-electron chi connectivity index (χ4n) is 0.959. The van der Waals surface area contributed by atoms with Crippen LogP contribution >= 0.6 is 0 Å². The molecule has 0 heterocycles. The van der Waals surface area contributed by atoms with Crippen molar-refractivity contribution in [2.24, 2.45) is 5.92 Å². The maximum absolute atomic E-state index is 10.5. The van der Waals surface area contributed by atoms with E-state index in [4.69, 9.17) is 0 Å². The average molecular weight is 158 g/mol. The van der Waals surface area contributed by atoms with E-state index in [1.807, 2.05) is 0 Å². The highest BCUT2D eigenvalue weighted by atomic mass is 16.4. The second-order valence-electron chi connectivity index (χ2n) is 2.59. The van der Waals surface area contributed by atoms with Crippen LogP contribution in [0.2, 0.25) is 0 Å². The normalized spacial score (nSPS) is 22.4. The van der Waals surface area contributed by atoms with E-state index in [-0.39, 0.29) is 11.7 Å². The molecule has 1 aliphatic rings.